The molecule has 0 radical (unpaired) electrons. The number of hydrogen-bond acceptors (Lipinski definition) is 3. The fraction of sp³-hybridized carbons (Fsp3) is 0.533. The molecule has 0 unspecified atom stereocenters. The van der Waals surface area contributed by atoms with Gasteiger partial charge in [-0.05, 0) is 17.5 Å². The smallest absolute Gasteiger partial charge is 0.239 e. The maximum Gasteiger partial charge on any atom is 0.239 e. The van der Waals surface area contributed by atoms with Crippen molar-refractivity contribution in [2.45, 2.75) is 26.8 Å². The number of rotatable bonds is 5. The molecule has 1 aromatic carbocycles. The molecular formula is C15H23FN2O2. The molecule has 0 bridgehead atoms. The van der Waals surface area contributed by atoms with Gasteiger partial charge in [-0.1, -0.05) is 26.8 Å². The Labute approximate surface area is 119 Å². The second-order valence-corrected chi connectivity index (χ2v) is 5.91. The summed E-state index contributed by atoms with van der Waals surface area (Å²) in [5.41, 5.74) is 5.63. The first kappa shape index (κ1) is 16.4. The van der Waals surface area contributed by atoms with Crippen molar-refractivity contribution in [3.63, 3.8) is 0 Å². The highest BCUT2D eigenvalue weighted by atomic mass is 19.1. The van der Waals surface area contributed by atoms with E-state index in [1.807, 2.05) is 20.8 Å². The van der Waals surface area contributed by atoms with Gasteiger partial charge in [0.1, 0.15) is 18.2 Å². The zero-order valence-electron chi connectivity index (χ0n) is 12.5. The standard InChI is InChI=1S/C15H23FN2O2/c1-15(2,3)13(17)14(19)18(4)8-9-20-12-7-5-6-11(16)10-12/h5-7,10,13H,8-9,17H2,1-4H3/t13-/m0/s1. The van der Waals surface area contributed by atoms with Crippen LogP contribution in [0.3, 0.4) is 0 Å². The largest absolute Gasteiger partial charge is 0.492 e. The molecule has 0 aliphatic rings. The summed E-state index contributed by atoms with van der Waals surface area (Å²) < 4.78 is 18.4. The fourth-order valence-corrected chi connectivity index (χ4v) is 1.58. The number of hydrogen-bond donors (Lipinski definition) is 1. The molecule has 1 rings (SSSR count). The van der Waals surface area contributed by atoms with E-state index in [-0.39, 0.29) is 17.1 Å². The second-order valence-electron chi connectivity index (χ2n) is 5.91. The van der Waals surface area contributed by atoms with Crippen LogP contribution in [0.15, 0.2) is 24.3 Å². The van der Waals surface area contributed by atoms with Crippen molar-refractivity contribution in [2.75, 3.05) is 20.2 Å². The number of nitrogens with two attached hydrogens (primary N) is 1. The van der Waals surface area contributed by atoms with Crippen LogP contribution in [0.4, 0.5) is 4.39 Å². The minimum atomic E-state index is -0.554. The molecule has 0 spiro atoms. The zero-order chi connectivity index (χ0) is 15.3. The van der Waals surface area contributed by atoms with E-state index in [9.17, 15) is 9.18 Å². The molecule has 0 aliphatic carbocycles. The van der Waals surface area contributed by atoms with Gasteiger partial charge < -0.3 is 15.4 Å². The highest BCUT2D eigenvalue weighted by Crippen LogP contribution is 2.18. The molecule has 0 aliphatic heterocycles. The Balaban J connectivity index is 2.44. The first-order valence-corrected chi connectivity index (χ1v) is 6.61. The molecule has 112 valence electrons. The van der Waals surface area contributed by atoms with Gasteiger partial charge in [-0.2, -0.15) is 0 Å². The van der Waals surface area contributed by atoms with Crippen LogP contribution < -0.4 is 10.5 Å². The summed E-state index contributed by atoms with van der Waals surface area (Å²) in [5, 5.41) is 0. The number of benzene rings is 1. The van der Waals surface area contributed by atoms with E-state index in [2.05, 4.69) is 0 Å². The number of ether oxygens (including phenoxy) is 1. The highest BCUT2D eigenvalue weighted by Gasteiger charge is 2.29. The normalized spacial score (nSPS) is 12.9. The first-order valence-electron chi connectivity index (χ1n) is 6.61. The predicted octanol–water partition coefficient (Wildman–Crippen LogP) is 2.04. The minimum Gasteiger partial charge on any atom is -0.492 e. The molecule has 0 saturated carbocycles. The van der Waals surface area contributed by atoms with Crippen molar-refractivity contribution < 1.29 is 13.9 Å². The molecule has 1 atom stereocenters. The predicted molar refractivity (Wildman–Crippen MR) is 77.0 cm³/mol. The van der Waals surface area contributed by atoms with E-state index in [1.54, 1.807) is 19.2 Å². The van der Waals surface area contributed by atoms with Gasteiger partial charge in [0.2, 0.25) is 5.91 Å². The lowest BCUT2D eigenvalue weighted by Crippen LogP contribution is -2.49. The van der Waals surface area contributed by atoms with Gasteiger partial charge in [0, 0.05) is 13.1 Å². The Morgan fingerprint density at radius 3 is 2.65 bits per heavy atom. The van der Waals surface area contributed by atoms with E-state index in [1.165, 1.54) is 17.0 Å². The summed E-state index contributed by atoms with van der Waals surface area (Å²) in [6.45, 7) is 6.47. The molecule has 1 amide bonds. The van der Waals surface area contributed by atoms with Gasteiger partial charge in [-0.15, -0.1) is 0 Å². The van der Waals surface area contributed by atoms with Gasteiger partial charge in [0.15, 0.2) is 0 Å². The molecular weight excluding hydrogens is 259 g/mol. The van der Waals surface area contributed by atoms with E-state index in [0.717, 1.165) is 0 Å². The van der Waals surface area contributed by atoms with E-state index in [4.69, 9.17) is 10.5 Å². The van der Waals surface area contributed by atoms with E-state index >= 15 is 0 Å². The second kappa shape index (κ2) is 6.70. The monoisotopic (exact) mass is 282 g/mol. The minimum absolute atomic E-state index is 0.125. The third kappa shape index (κ3) is 4.81. The molecule has 0 heterocycles. The Morgan fingerprint density at radius 2 is 2.10 bits per heavy atom. The lowest BCUT2D eigenvalue weighted by molar-refractivity contribution is -0.133. The van der Waals surface area contributed by atoms with E-state index < -0.39 is 6.04 Å². The highest BCUT2D eigenvalue weighted by molar-refractivity contribution is 5.82. The van der Waals surface area contributed by atoms with Crippen molar-refractivity contribution in [2.24, 2.45) is 11.1 Å². The summed E-state index contributed by atoms with van der Waals surface area (Å²) in [7, 11) is 1.68. The number of halogens is 1. The van der Waals surface area contributed by atoms with Crippen LogP contribution in [0.1, 0.15) is 20.8 Å². The van der Waals surface area contributed by atoms with Crippen LogP contribution in [-0.2, 0) is 4.79 Å². The molecule has 0 saturated heterocycles. The summed E-state index contributed by atoms with van der Waals surface area (Å²) >= 11 is 0. The average Bonchev–Trinajstić information content (AvgIpc) is 2.35. The quantitative estimate of drug-likeness (QED) is 0.899. The molecule has 20 heavy (non-hydrogen) atoms. The lowest BCUT2D eigenvalue weighted by atomic mass is 9.86. The van der Waals surface area contributed by atoms with Crippen LogP contribution >= 0.6 is 0 Å². The van der Waals surface area contributed by atoms with Crippen molar-refractivity contribution in [3.05, 3.63) is 30.1 Å². The maximum absolute atomic E-state index is 13.0. The molecule has 5 heteroatoms. The Kier molecular flexibility index (Phi) is 5.51. The van der Waals surface area contributed by atoms with Crippen molar-refractivity contribution in [3.8, 4) is 5.75 Å². The number of nitrogens with zero attached hydrogens (tertiary/aromatic N) is 1. The summed E-state index contributed by atoms with van der Waals surface area (Å²) in [4.78, 5) is 13.6. The van der Waals surface area contributed by atoms with Crippen LogP contribution in [0.5, 0.6) is 5.75 Å². The first-order chi connectivity index (χ1) is 9.21. The summed E-state index contributed by atoms with van der Waals surface area (Å²) in [6.07, 6.45) is 0. The molecule has 1 aromatic rings. The third-order valence-corrected chi connectivity index (χ3v) is 3.07. The van der Waals surface area contributed by atoms with Crippen LogP contribution in [0, 0.1) is 11.2 Å². The van der Waals surface area contributed by atoms with Crippen LogP contribution in [0.25, 0.3) is 0 Å². The van der Waals surface area contributed by atoms with Gasteiger partial charge in [0.25, 0.3) is 0 Å². The van der Waals surface area contributed by atoms with Crippen molar-refractivity contribution in [1.29, 1.82) is 0 Å². The van der Waals surface area contributed by atoms with Crippen molar-refractivity contribution in [1.82, 2.24) is 4.90 Å². The fourth-order valence-electron chi connectivity index (χ4n) is 1.58. The number of carbonyl (C=O) groups excluding carboxylic acids is 1. The molecule has 2 N–H and O–H groups in total. The average molecular weight is 282 g/mol. The van der Waals surface area contributed by atoms with Gasteiger partial charge >= 0.3 is 0 Å². The van der Waals surface area contributed by atoms with Gasteiger partial charge in [0.05, 0.1) is 12.6 Å². The Bertz CT molecular complexity index is 457. The number of amides is 1. The SMILES string of the molecule is CN(CCOc1cccc(F)c1)C(=O)[C@H](N)C(C)(C)C. The third-order valence-electron chi connectivity index (χ3n) is 3.07. The number of carbonyl (C=O) groups is 1. The molecule has 4 nitrogen and oxygen atoms in total. The Morgan fingerprint density at radius 1 is 1.45 bits per heavy atom. The Hall–Kier alpha value is -1.62. The topological polar surface area (TPSA) is 55.6 Å². The summed E-state index contributed by atoms with van der Waals surface area (Å²) in [6, 6.07) is 5.36. The van der Waals surface area contributed by atoms with Gasteiger partial charge in [-0.3, -0.25) is 4.79 Å². The van der Waals surface area contributed by atoms with Crippen molar-refractivity contribution >= 4 is 5.91 Å². The van der Waals surface area contributed by atoms with Gasteiger partial charge in [-0.25, -0.2) is 4.39 Å². The maximum atomic E-state index is 13.0. The van der Waals surface area contributed by atoms with Crippen LogP contribution in [0.2, 0.25) is 0 Å². The lowest BCUT2D eigenvalue weighted by Gasteiger charge is -2.29. The number of likely N-dealkylation sites (N-methyl/N-ethyl adjacent to an activating group) is 1. The van der Waals surface area contributed by atoms with Crippen LogP contribution in [-0.4, -0.2) is 37.0 Å². The van der Waals surface area contributed by atoms with E-state index in [0.29, 0.717) is 18.9 Å². The summed E-state index contributed by atoms with van der Waals surface area (Å²) in [5.74, 6) is -0.0204. The molecule has 0 fully saturated rings. The zero-order valence-corrected chi connectivity index (χ0v) is 12.5. The molecule has 0 aromatic heterocycles.